The van der Waals surface area contributed by atoms with Crippen molar-refractivity contribution in [3.63, 3.8) is 0 Å². The van der Waals surface area contributed by atoms with E-state index in [1.165, 1.54) is 11.8 Å². The summed E-state index contributed by atoms with van der Waals surface area (Å²) in [5.41, 5.74) is 5.24. The van der Waals surface area contributed by atoms with Gasteiger partial charge in [-0.2, -0.15) is 0 Å². The van der Waals surface area contributed by atoms with Crippen LogP contribution < -0.4 is 15.1 Å². The maximum atomic E-state index is 13.4. The third kappa shape index (κ3) is 4.60. The van der Waals surface area contributed by atoms with Gasteiger partial charge >= 0.3 is 0 Å². The van der Waals surface area contributed by atoms with Gasteiger partial charge in [-0.1, -0.05) is 24.3 Å². The molecule has 36 heavy (non-hydrogen) atoms. The molecule has 1 aliphatic heterocycles. The van der Waals surface area contributed by atoms with Crippen molar-refractivity contribution >= 4 is 40.4 Å². The van der Waals surface area contributed by atoms with Crippen LogP contribution in [0.5, 0.6) is 0 Å². The average molecular weight is 484 g/mol. The van der Waals surface area contributed by atoms with Crippen molar-refractivity contribution in [2.45, 2.75) is 26.8 Å². The zero-order valence-corrected chi connectivity index (χ0v) is 21.0. The first kappa shape index (κ1) is 24.7. The highest BCUT2D eigenvalue weighted by Crippen LogP contribution is 2.42. The van der Waals surface area contributed by atoms with E-state index in [-0.39, 0.29) is 17.2 Å². The van der Waals surface area contributed by atoms with Crippen molar-refractivity contribution in [1.29, 1.82) is 0 Å². The van der Waals surface area contributed by atoms with E-state index in [1.54, 1.807) is 30.3 Å². The second-order valence-corrected chi connectivity index (χ2v) is 9.18. The normalized spacial score (nSPS) is 16.8. The summed E-state index contributed by atoms with van der Waals surface area (Å²) < 4.78 is 0. The molecule has 0 saturated carbocycles. The Kier molecular flexibility index (Phi) is 6.66. The molecule has 0 aliphatic carbocycles. The number of aliphatic hydroxyl groups excluding tert-OH is 1. The number of aryl methyl sites for hydroxylation is 2. The van der Waals surface area contributed by atoms with Crippen LogP contribution in [0.3, 0.4) is 0 Å². The number of ketones is 1. The van der Waals surface area contributed by atoms with Crippen LogP contribution in [-0.4, -0.2) is 36.8 Å². The third-order valence-corrected chi connectivity index (χ3v) is 6.42. The van der Waals surface area contributed by atoms with Gasteiger partial charge in [-0.25, -0.2) is 0 Å². The van der Waals surface area contributed by atoms with Crippen molar-refractivity contribution in [1.82, 2.24) is 0 Å². The second-order valence-electron chi connectivity index (χ2n) is 9.18. The number of hydrogen-bond acceptors (Lipinski definition) is 5. The Morgan fingerprint density at radius 2 is 1.56 bits per heavy atom. The summed E-state index contributed by atoms with van der Waals surface area (Å²) in [4.78, 5) is 41.5. The minimum Gasteiger partial charge on any atom is -0.507 e. The molecule has 0 spiro atoms. The van der Waals surface area contributed by atoms with Gasteiger partial charge in [0.05, 0.1) is 11.6 Å². The van der Waals surface area contributed by atoms with Crippen LogP contribution in [0, 0.1) is 13.8 Å². The summed E-state index contributed by atoms with van der Waals surface area (Å²) in [6, 6.07) is 18.8. The smallest absolute Gasteiger partial charge is 0.300 e. The predicted molar refractivity (Wildman–Crippen MR) is 142 cm³/mol. The highest BCUT2D eigenvalue weighted by atomic mass is 16.3. The molecule has 2 amide bonds. The van der Waals surface area contributed by atoms with E-state index in [2.05, 4.69) is 5.32 Å². The fourth-order valence-corrected chi connectivity index (χ4v) is 4.32. The number of carbonyl (C=O) groups is 3. The molecule has 0 aromatic heterocycles. The van der Waals surface area contributed by atoms with Crippen LogP contribution in [0.1, 0.15) is 35.2 Å². The van der Waals surface area contributed by atoms with Gasteiger partial charge in [-0.15, -0.1) is 0 Å². The van der Waals surface area contributed by atoms with Crippen LogP contribution in [0.4, 0.5) is 17.1 Å². The van der Waals surface area contributed by atoms with Crippen LogP contribution in [0.15, 0.2) is 72.3 Å². The zero-order chi connectivity index (χ0) is 26.1. The van der Waals surface area contributed by atoms with Crippen molar-refractivity contribution in [2.24, 2.45) is 0 Å². The Labute approximate surface area is 210 Å². The summed E-state index contributed by atoms with van der Waals surface area (Å²) in [5.74, 6) is -1.90. The van der Waals surface area contributed by atoms with Gasteiger partial charge in [-0.3, -0.25) is 19.3 Å². The zero-order valence-electron chi connectivity index (χ0n) is 21.0. The number of carbonyl (C=O) groups excluding carboxylic acids is 3. The van der Waals surface area contributed by atoms with Crippen LogP contribution >= 0.6 is 0 Å². The summed E-state index contributed by atoms with van der Waals surface area (Å²) >= 11 is 0. The number of nitrogens with one attached hydrogen (secondary N) is 1. The maximum Gasteiger partial charge on any atom is 0.300 e. The Morgan fingerprint density at radius 1 is 0.917 bits per heavy atom. The molecule has 4 rings (SSSR count). The summed E-state index contributed by atoms with van der Waals surface area (Å²) in [6.07, 6.45) is 0. The first-order valence-electron chi connectivity index (χ1n) is 11.6. The molecule has 1 saturated heterocycles. The minimum absolute atomic E-state index is 0.0341. The highest BCUT2D eigenvalue weighted by molar-refractivity contribution is 6.51. The quantitative estimate of drug-likeness (QED) is 0.304. The van der Waals surface area contributed by atoms with Crippen LogP contribution in [-0.2, 0) is 14.4 Å². The number of Topliss-reactive ketones (excluding diaryl/α,β-unsaturated/α-hetero) is 1. The molecule has 3 aromatic rings. The minimum atomic E-state index is -0.825. The average Bonchev–Trinajstić information content (AvgIpc) is 3.11. The molecule has 7 heteroatoms. The molecule has 184 valence electrons. The lowest BCUT2D eigenvalue weighted by Gasteiger charge is -2.26. The van der Waals surface area contributed by atoms with E-state index in [0.29, 0.717) is 22.5 Å². The maximum absolute atomic E-state index is 13.4. The van der Waals surface area contributed by atoms with Crippen molar-refractivity contribution in [3.8, 4) is 0 Å². The lowest BCUT2D eigenvalue weighted by atomic mass is 9.94. The van der Waals surface area contributed by atoms with Gasteiger partial charge in [0.15, 0.2) is 0 Å². The molecule has 1 unspecified atom stereocenters. The fraction of sp³-hybridized carbons (Fsp3) is 0.207. The third-order valence-electron chi connectivity index (χ3n) is 6.42. The Balaban J connectivity index is 1.88. The number of amides is 2. The van der Waals surface area contributed by atoms with Gasteiger partial charge in [0.2, 0.25) is 5.91 Å². The van der Waals surface area contributed by atoms with Crippen molar-refractivity contribution < 1.29 is 19.5 Å². The first-order valence-corrected chi connectivity index (χ1v) is 11.6. The molecule has 7 nitrogen and oxygen atoms in total. The fourth-order valence-electron chi connectivity index (χ4n) is 4.32. The van der Waals surface area contributed by atoms with Gasteiger partial charge in [-0.05, 0) is 73.0 Å². The molecule has 1 fully saturated rings. The molecular weight excluding hydrogens is 454 g/mol. The Morgan fingerprint density at radius 3 is 2.11 bits per heavy atom. The van der Waals surface area contributed by atoms with E-state index < -0.39 is 17.7 Å². The standard InChI is InChI=1S/C29H29N3O4/c1-17-6-7-21(16-18(17)2)27(34)25-26(20-8-12-23(13-9-20)31(4)5)32(29(36)28(25)35)24-14-10-22(11-15-24)30-19(3)33/h6-16,26,34H,1-5H3,(H,30,33)/b27-25-. The molecule has 0 bridgehead atoms. The largest absolute Gasteiger partial charge is 0.507 e. The molecule has 1 atom stereocenters. The number of anilines is 3. The monoisotopic (exact) mass is 483 g/mol. The van der Waals surface area contributed by atoms with Gasteiger partial charge in [0, 0.05) is 43.6 Å². The molecule has 2 N–H and O–H groups in total. The van der Waals surface area contributed by atoms with E-state index >= 15 is 0 Å². The molecular formula is C29H29N3O4. The van der Waals surface area contributed by atoms with Gasteiger partial charge in [0.1, 0.15) is 5.76 Å². The summed E-state index contributed by atoms with van der Waals surface area (Å²) in [5, 5.41) is 14.0. The molecule has 1 aliphatic rings. The predicted octanol–water partition coefficient (Wildman–Crippen LogP) is 4.95. The van der Waals surface area contributed by atoms with Crippen LogP contribution in [0.25, 0.3) is 5.76 Å². The second kappa shape index (κ2) is 9.70. The lowest BCUT2D eigenvalue weighted by molar-refractivity contribution is -0.132. The van der Waals surface area contributed by atoms with Gasteiger partial charge < -0.3 is 15.3 Å². The lowest BCUT2D eigenvalue weighted by Crippen LogP contribution is -2.29. The number of aliphatic hydroxyl groups is 1. The SMILES string of the molecule is CC(=O)Nc1ccc(N2C(=O)C(=O)/C(=C(\O)c3ccc(C)c(C)c3)C2c2ccc(N(C)C)cc2)cc1. The van der Waals surface area contributed by atoms with Crippen molar-refractivity contribution in [3.05, 3.63) is 94.6 Å². The van der Waals surface area contributed by atoms with Gasteiger partial charge in [0.25, 0.3) is 11.7 Å². The summed E-state index contributed by atoms with van der Waals surface area (Å²) in [7, 11) is 3.86. The highest BCUT2D eigenvalue weighted by Gasteiger charge is 2.47. The number of hydrogen-bond donors (Lipinski definition) is 2. The molecule has 3 aromatic carbocycles. The Hall–Kier alpha value is -4.39. The topological polar surface area (TPSA) is 90.0 Å². The van der Waals surface area contributed by atoms with E-state index in [4.69, 9.17) is 0 Å². The number of rotatable bonds is 5. The van der Waals surface area contributed by atoms with E-state index in [1.807, 2.05) is 69.2 Å². The number of nitrogens with zero attached hydrogens (tertiary/aromatic N) is 2. The molecule has 0 radical (unpaired) electrons. The van der Waals surface area contributed by atoms with Crippen LogP contribution in [0.2, 0.25) is 0 Å². The Bertz CT molecular complexity index is 1370. The molecule has 1 heterocycles. The first-order chi connectivity index (χ1) is 17.1. The summed E-state index contributed by atoms with van der Waals surface area (Å²) in [6.45, 7) is 5.31. The van der Waals surface area contributed by atoms with Crippen molar-refractivity contribution in [2.75, 3.05) is 29.2 Å². The van der Waals surface area contributed by atoms with E-state index in [9.17, 15) is 19.5 Å². The van der Waals surface area contributed by atoms with E-state index in [0.717, 1.165) is 16.8 Å². The number of benzene rings is 3.